The smallest absolute Gasteiger partial charge is 0.384 e. The summed E-state index contributed by atoms with van der Waals surface area (Å²) >= 11 is 0. The molecule has 0 aromatic heterocycles. The third kappa shape index (κ3) is 6.02. The summed E-state index contributed by atoms with van der Waals surface area (Å²) in [7, 11) is -0.269. The number of carbonyl (C=O) groups is 1. The lowest BCUT2D eigenvalue weighted by molar-refractivity contribution is -0.135. The van der Waals surface area contributed by atoms with Crippen LogP contribution in [0.2, 0.25) is 6.55 Å². The van der Waals surface area contributed by atoms with Crippen molar-refractivity contribution in [2.75, 3.05) is 7.11 Å². The molecule has 0 bridgehead atoms. The zero-order valence-electron chi connectivity index (χ0n) is 7.29. The van der Waals surface area contributed by atoms with Crippen LogP contribution < -0.4 is 0 Å². The van der Waals surface area contributed by atoms with E-state index >= 15 is 0 Å². The molecule has 0 spiro atoms. The minimum Gasteiger partial charge on any atom is -0.497 e. The highest BCUT2D eigenvalue weighted by atomic mass is 28.3. The van der Waals surface area contributed by atoms with E-state index in [4.69, 9.17) is 13.6 Å². The van der Waals surface area contributed by atoms with E-state index in [-0.39, 0.29) is 12.3 Å². The molecule has 0 aliphatic carbocycles. The van der Waals surface area contributed by atoms with Gasteiger partial charge in [-0.15, -0.1) is 0 Å². The molecule has 0 fully saturated rings. The summed E-state index contributed by atoms with van der Waals surface area (Å²) in [5.41, 5.74) is 0. The Balaban J connectivity index is 3.51. The number of methoxy groups -OCH3 is 1. The molecule has 2 unspecified atom stereocenters. The minimum absolute atomic E-state index is 0.295. The second-order valence-corrected chi connectivity index (χ2v) is 3.76. The van der Waals surface area contributed by atoms with Crippen molar-refractivity contribution in [3.05, 3.63) is 0 Å². The summed E-state index contributed by atoms with van der Waals surface area (Å²) in [6.07, 6.45) is -0.295. The Morgan fingerprint density at radius 3 is 2.45 bits per heavy atom. The SMILES string of the molecule is COC(C)O[SiH](C)OC(C)=O. The molecule has 0 aromatic carbocycles. The molecule has 0 N–H and O–H groups in total. The summed E-state index contributed by atoms with van der Waals surface area (Å²) in [4.78, 5) is 10.4. The Kier molecular flexibility index (Phi) is 5.09. The van der Waals surface area contributed by atoms with Crippen LogP contribution >= 0.6 is 0 Å². The van der Waals surface area contributed by atoms with Gasteiger partial charge in [0.15, 0.2) is 0 Å². The lowest BCUT2D eigenvalue weighted by Crippen LogP contribution is -2.27. The summed E-state index contributed by atoms with van der Waals surface area (Å²) in [5, 5.41) is 0. The molecule has 0 aliphatic rings. The van der Waals surface area contributed by atoms with Gasteiger partial charge in [0, 0.05) is 14.0 Å². The molecule has 2 atom stereocenters. The number of ether oxygens (including phenoxy) is 1. The molecule has 0 rings (SSSR count). The maximum Gasteiger partial charge on any atom is 0.384 e. The van der Waals surface area contributed by atoms with Crippen LogP contribution in [0.5, 0.6) is 0 Å². The third-order valence-corrected chi connectivity index (χ3v) is 2.48. The van der Waals surface area contributed by atoms with Gasteiger partial charge in [-0.1, -0.05) is 0 Å². The maximum atomic E-state index is 10.4. The third-order valence-electron chi connectivity index (χ3n) is 1.05. The minimum atomic E-state index is -1.81. The summed E-state index contributed by atoms with van der Waals surface area (Å²) in [6.45, 7) is 4.90. The summed E-state index contributed by atoms with van der Waals surface area (Å²) < 4.78 is 14.8. The topological polar surface area (TPSA) is 44.8 Å². The van der Waals surface area contributed by atoms with E-state index in [1.807, 2.05) is 0 Å². The first-order valence-corrected chi connectivity index (χ1v) is 5.51. The van der Waals surface area contributed by atoms with Crippen LogP contribution in [0.1, 0.15) is 13.8 Å². The van der Waals surface area contributed by atoms with Gasteiger partial charge in [0.2, 0.25) is 0 Å². The molecule has 66 valence electrons. The highest BCUT2D eigenvalue weighted by molar-refractivity contribution is 6.44. The Morgan fingerprint density at radius 2 is 2.09 bits per heavy atom. The quantitative estimate of drug-likeness (QED) is 0.462. The van der Waals surface area contributed by atoms with Gasteiger partial charge in [0.25, 0.3) is 5.97 Å². The van der Waals surface area contributed by atoms with E-state index in [9.17, 15) is 4.79 Å². The Labute approximate surface area is 68.3 Å². The first-order valence-electron chi connectivity index (χ1n) is 3.41. The van der Waals surface area contributed by atoms with Crippen LogP contribution in [0.3, 0.4) is 0 Å². The van der Waals surface area contributed by atoms with Crippen molar-refractivity contribution in [3.63, 3.8) is 0 Å². The Bertz CT molecular complexity index is 128. The van der Waals surface area contributed by atoms with Gasteiger partial charge in [-0.3, -0.25) is 4.79 Å². The number of hydrogen-bond acceptors (Lipinski definition) is 4. The lowest BCUT2D eigenvalue weighted by atomic mass is 10.8. The van der Waals surface area contributed by atoms with Crippen molar-refractivity contribution in [1.29, 1.82) is 0 Å². The van der Waals surface area contributed by atoms with Crippen LogP contribution in [0, 0.1) is 0 Å². The van der Waals surface area contributed by atoms with Crippen molar-refractivity contribution < 1.29 is 18.4 Å². The van der Waals surface area contributed by atoms with E-state index in [0.29, 0.717) is 0 Å². The van der Waals surface area contributed by atoms with Crippen molar-refractivity contribution in [2.24, 2.45) is 0 Å². The second kappa shape index (κ2) is 5.28. The molecular formula is C6H14O4Si. The standard InChI is InChI=1S/C6H14O4Si/c1-5(7)9-11(4)10-6(2)8-3/h6,11H,1-4H3. The van der Waals surface area contributed by atoms with Gasteiger partial charge < -0.3 is 13.6 Å². The molecule has 0 saturated heterocycles. The predicted molar refractivity (Wildman–Crippen MR) is 42.3 cm³/mol. The van der Waals surface area contributed by atoms with Gasteiger partial charge in [-0.25, -0.2) is 0 Å². The lowest BCUT2D eigenvalue weighted by Gasteiger charge is -2.15. The molecule has 0 radical (unpaired) electrons. The largest absolute Gasteiger partial charge is 0.497 e. The van der Waals surface area contributed by atoms with Gasteiger partial charge in [0.05, 0.1) is 0 Å². The van der Waals surface area contributed by atoms with E-state index in [1.54, 1.807) is 20.6 Å². The summed E-state index contributed by atoms with van der Waals surface area (Å²) in [5.74, 6) is -0.299. The zero-order chi connectivity index (χ0) is 8.85. The maximum absolute atomic E-state index is 10.4. The van der Waals surface area contributed by atoms with Crippen LogP contribution in [-0.4, -0.2) is 28.7 Å². The summed E-state index contributed by atoms with van der Waals surface area (Å²) in [6, 6.07) is 0. The average Bonchev–Trinajstić information content (AvgIpc) is 1.85. The van der Waals surface area contributed by atoms with Crippen LogP contribution in [0.4, 0.5) is 0 Å². The van der Waals surface area contributed by atoms with Gasteiger partial charge in [-0.2, -0.15) is 0 Å². The molecule has 0 aliphatic heterocycles. The fourth-order valence-electron chi connectivity index (χ4n) is 0.587. The van der Waals surface area contributed by atoms with Gasteiger partial charge in [0.1, 0.15) is 6.29 Å². The Morgan fingerprint density at radius 1 is 1.55 bits per heavy atom. The molecule has 0 aromatic rings. The molecular weight excluding hydrogens is 164 g/mol. The number of carbonyl (C=O) groups excluding carboxylic acids is 1. The molecule has 0 heterocycles. The highest BCUT2D eigenvalue weighted by Crippen LogP contribution is 1.96. The van der Waals surface area contributed by atoms with E-state index in [2.05, 4.69) is 0 Å². The van der Waals surface area contributed by atoms with Crippen LogP contribution in [0.15, 0.2) is 0 Å². The molecule has 0 saturated carbocycles. The predicted octanol–water partition coefficient (Wildman–Crippen LogP) is 0.409. The van der Waals surface area contributed by atoms with Crippen molar-refractivity contribution >= 4 is 15.3 Å². The van der Waals surface area contributed by atoms with Crippen LogP contribution in [0.25, 0.3) is 0 Å². The number of rotatable bonds is 4. The van der Waals surface area contributed by atoms with Gasteiger partial charge in [-0.05, 0) is 13.5 Å². The van der Waals surface area contributed by atoms with Gasteiger partial charge >= 0.3 is 9.28 Å². The van der Waals surface area contributed by atoms with Crippen molar-refractivity contribution in [3.8, 4) is 0 Å². The monoisotopic (exact) mass is 178 g/mol. The first kappa shape index (κ1) is 10.6. The second-order valence-electron chi connectivity index (χ2n) is 2.12. The van der Waals surface area contributed by atoms with Crippen LogP contribution in [-0.2, 0) is 18.4 Å². The highest BCUT2D eigenvalue weighted by Gasteiger charge is 2.12. The fourth-order valence-corrected chi connectivity index (χ4v) is 1.76. The van der Waals surface area contributed by atoms with E-state index < -0.39 is 9.28 Å². The fraction of sp³-hybridized carbons (Fsp3) is 0.833. The van der Waals surface area contributed by atoms with E-state index in [1.165, 1.54) is 6.92 Å². The molecule has 4 nitrogen and oxygen atoms in total. The van der Waals surface area contributed by atoms with Crippen molar-refractivity contribution in [1.82, 2.24) is 0 Å². The number of hydrogen-bond donors (Lipinski definition) is 0. The Hall–Kier alpha value is -0.393. The zero-order valence-corrected chi connectivity index (χ0v) is 8.44. The first-order chi connectivity index (χ1) is 5.06. The van der Waals surface area contributed by atoms with E-state index in [0.717, 1.165) is 0 Å². The van der Waals surface area contributed by atoms with Crippen molar-refractivity contribution in [2.45, 2.75) is 26.7 Å². The molecule has 0 amide bonds. The normalized spacial score (nSPS) is 15.6. The molecule has 5 heteroatoms. The average molecular weight is 178 g/mol. The molecule has 11 heavy (non-hydrogen) atoms.